The molecule has 0 aromatic rings. The van der Waals surface area contributed by atoms with Crippen LogP contribution in [0.2, 0.25) is 0 Å². The topological polar surface area (TPSA) is 0 Å². The Hall–Kier alpha value is -0.260. The van der Waals surface area contributed by atoms with Crippen molar-refractivity contribution in [1.29, 1.82) is 0 Å². The Morgan fingerprint density at radius 2 is 0.800 bits per heavy atom. The smallest absolute Gasteiger partial charge is 0.0351 e. The van der Waals surface area contributed by atoms with Crippen molar-refractivity contribution in [2.75, 3.05) is 0 Å². The molecule has 0 bridgehead atoms. The molecule has 0 saturated carbocycles. The molecule has 1 radical (unpaired) electrons. The largest absolute Gasteiger partial charge is 0.0885 e. The number of allylic oxidation sites excluding steroid dienone is 2. The Bertz CT molecular complexity index is 130. The maximum Gasteiger partial charge on any atom is -0.0351 e. The van der Waals surface area contributed by atoms with Gasteiger partial charge in [0.2, 0.25) is 0 Å². The van der Waals surface area contributed by atoms with E-state index in [2.05, 4.69) is 18.6 Å². The average molecular weight is 207 g/mol. The summed E-state index contributed by atoms with van der Waals surface area (Å²) in [7, 11) is 0. The fraction of sp³-hybridized carbons (Fsp3) is 0.800. The SMILES string of the molecule is [CH]1CCCCCC/C=C/CCCCCC1. The van der Waals surface area contributed by atoms with Gasteiger partial charge in [-0.1, -0.05) is 63.5 Å². The Labute approximate surface area is 96.2 Å². The van der Waals surface area contributed by atoms with Crippen LogP contribution in [0.4, 0.5) is 0 Å². The van der Waals surface area contributed by atoms with Crippen LogP contribution in [-0.2, 0) is 0 Å². The van der Waals surface area contributed by atoms with Crippen LogP contribution in [-0.4, -0.2) is 0 Å². The van der Waals surface area contributed by atoms with E-state index < -0.39 is 0 Å². The summed E-state index contributed by atoms with van der Waals surface area (Å²) in [6.45, 7) is 0. The van der Waals surface area contributed by atoms with Crippen molar-refractivity contribution in [3.05, 3.63) is 18.6 Å². The second-order valence-corrected chi connectivity index (χ2v) is 4.74. The molecular weight excluding hydrogens is 180 g/mol. The van der Waals surface area contributed by atoms with Crippen LogP contribution < -0.4 is 0 Å². The van der Waals surface area contributed by atoms with Gasteiger partial charge in [-0.15, -0.1) is 0 Å². The first-order valence-corrected chi connectivity index (χ1v) is 6.97. The van der Waals surface area contributed by atoms with E-state index in [-0.39, 0.29) is 0 Å². The van der Waals surface area contributed by atoms with Gasteiger partial charge in [-0.05, 0) is 32.1 Å². The van der Waals surface area contributed by atoms with Crippen molar-refractivity contribution < 1.29 is 0 Å². The zero-order chi connectivity index (χ0) is 10.6. The predicted octanol–water partition coefficient (Wildman–Crippen LogP) is 5.44. The van der Waals surface area contributed by atoms with Gasteiger partial charge in [0, 0.05) is 0 Å². The molecule has 0 aromatic heterocycles. The van der Waals surface area contributed by atoms with Gasteiger partial charge in [0.15, 0.2) is 0 Å². The maximum absolute atomic E-state index is 2.51. The van der Waals surface area contributed by atoms with Crippen molar-refractivity contribution >= 4 is 0 Å². The monoisotopic (exact) mass is 207 g/mol. The van der Waals surface area contributed by atoms with E-state index in [0.717, 1.165) is 0 Å². The summed E-state index contributed by atoms with van der Waals surface area (Å²) >= 11 is 0. The molecule has 0 spiro atoms. The van der Waals surface area contributed by atoms with E-state index in [1.807, 2.05) is 0 Å². The first kappa shape index (κ1) is 12.8. The van der Waals surface area contributed by atoms with Crippen LogP contribution in [0.5, 0.6) is 0 Å². The van der Waals surface area contributed by atoms with Gasteiger partial charge in [-0.2, -0.15) is 0 Å². The summed E-state index contributed by atoms with van der Waals surface area (Å²) in [5, 5.41) is 0. The summed E-state index contributed by atoms with van der Waals surface area (Å²) < 4.78 is 0. The normalized spacial score (nSPS) is 25.1. The molecule has 15 heavy (non-hydrogen) atoms. The quantitative estimate of drug-likeness (QED) is 0.464. The molecule has 0 heterocycles. The minimum Gasteiger partial charge on any atom is -0.0885 e. The minimum absolute atomic E-state index is 1.31. The number of rotatable bonds is 0. The fourth-order valence-corrected chi connectivity index (χ4v) is 2.19. The molecule has 0 N–H and O–H groups in total. The molecule has 0 aliphatic heterocycles. The molecule has 1 aliphatic carbocycles. The van der Waals surface area contributed by atoms with Crippen LogP contribution in [0.1, 0.15) is 77.0 Å². The lowest BCUT2D eigenvalue weighted by molar-refractivity contribution is 0.611. The van der Waals surface area contributed by atoms with Crippen LogP contribution >= 0.6 is 0 Å². The van der Waals surface area contributed by atoms with Crippen molar-refractivity contribution in [3.8, 4) is 0 Å². The molecule has 0 nitrogen and oxygen atoms in total. The summed E-state index contributed by atoms with van der Waals surface area (Å²) in [6.07, 6.45) is 24.0. The Balaban J connectivity index is 2.08. The van der Waals surface area contributed by atoms with Crippen LogP contribution in [0, 0.1) is 6.42 Å². The van der Waals surface area contributed by atoms with Gasteiger partial charge in [-0.3, -0.25) is 0 Å². The summed E-state index contributed by atoms with van der Waals surface area (Å²) in [5.74, 6) is 0. The highest BCUT2D eigenvalue weighted by Crippen LogP contribution is 2.13. The summed E-state index contributed by atoms with van der Waals surface area (Å²) in [6, 6.07) is 0. The summed E-state index contributed by atoms with van der Waals surface area (Å²) in [5.41, 5.74) is 0. The van der Waals surface area contributed by atoms with Gasteiger partial charge in [0.25, 0.3) is 0 Å². The highest BCUT2D eigenvalue weighted by atomic mass is 14.0. The van der Waals surface area contributed by atoms with Crippen LogP contribution in [0.25, 0.3) is 0 Å². The molecule has 87 valence electrons. The molecule has 0 fully saturated rings. The Morgan fingerprint density at radius 3 is 1.27 bits per heavy atom. The van der Waals surface area contributed by atoms with Crippen molar-refractivity contribution in [1.82, 2.24) is 0 Å². The third kappa shape index (κ3) is 8.72. The Morgan fingerprint density at radius 1 is 0.400 bits per heavy atom. The minimum atomic E-state index is 1.31. The van der Waals surface area contributed by atoms with Gasteiger partial charge in [0.1, 0.15) is 0 Å². The molecule has 0 saturated heterocycles. The molecule has 1 rings (SSSR count). The standard InChI is InChI=1S/C15H27/c1-2-4-6-8-10-12-14-15-13-11-9-7-5-3-1/h1-2,15H,3-14H2/b2-1+. The van der Waals surface area contributed by atoms with Crippen molar-refractivity contribution in [2.45, 2.75) is 77.0 Å². The highest BCUT2D eigenvalue weighted by molar-refractivity contribution is 4.81. The van der Waals surface area contributed by atoms with E-state index in [0.29, 0.717) is 0 Å². The molecule has 1 aliphatic rings. The first-order valence-electron chi connectivity index (χ1n) is 6.97. The van der Waals surface area contributed by atoms with E-state index in [1.165, 1.54) is 77.0 Å². The predicted molar refractivity (Wildman–Crippen MR) is 68.8 cm³/mol. The number of hydrogen-bond acceptors (Lipinski definition) is 0. The van der Waals surface area contributed by atoms with Crippen molar-refractivity contribution in [2.24, 2.45) is 0 Å². The van der Waals surface area contributed by atoms with E-state index in [4.69, 9.17) is 0 Å². The lowest BCUT2D eigenvalue weighted by Crippen LogP contribution is -1.82. The highest BCUT2D eigenvalue weighted by Gasteiger charge is 1.94. The van der Waals surface area contributed by atoms with Gasteiger partial charge < -0.3 is 0 Å². The van der Waals surface area contributed by atoms with E-state index >= 15 is 0 Å². The third-order valence-electron chi connectivity index (χ3n) is 3.22. The molecule has 0 atom stereocenters. The Kier molecular flexibility index (Phi) is 8.76. The second-order valence-electron chi connectivity index (χ2n) is 4.74. The zero-order valence-electron chi connectivity index (χ0n) is 10.2. The van der Waals surface area contributed by atoms with Crippen molar-refractivity contribution in [3.63, 3.8) is 0 Å². The zero-order valence-corrected chi connectivity index (χ0v) is 10.2. The summed E-state index contributed by atoms with van der Waals surface area (Å²) in [4.78, 5) is 0. The molecular formula is C15H27. The number of hydrogen-bond donors (Lipinski definition) is 0. The third-order valence-corrected chi connectivity index (χ3v) is 3.22. The van der Waals surface area contributed by atoms with Crippen LogP contribution in [0.15, 0.2) is 12.2 Å². The first-order chi connectivity index (χ1) is 7.50. The average Bonchev–Trinajstić information content (AvgIpc) is 2.27. The molecule has 0 heteroatoms. The fourth-order valence-electron chi connectivity index (χ4n) is 2.19. The molecule has 0 amide bonds. The second kappa shape index (κ2) is 10.3. The molecule has 0 aromatic carbocycles. The maximum atomic E-state index is 2.51. The van der Waals surface area contributed by atoms with Gasteiger partial charge in [-0.25, -0.2) is 0 Å². The molecule has 0 unspecified atom stereocenters. The van der Waals surface area contributed by atoms with Gasteiger partial charge in [0.05, 0.1) is 0 Å². The van der Waals surface area contributed by atoms with Gasteiger partial charge >= 0.3 is 0 Å². The van der Waals surface area contributed by atoms with E-state index in [1.54, 1.807) is 0 Å². The lowest BCUT2D eigenvalue weighted by atomic mass is 10.1. The van der Waals surface area contributed by atoms with Crippen LogP contribution in [0.3, 0.4) is 0 Å². The van der Waals surface area contributed by atoms with E-state index in [9.17, 15) is 0 Å². The lowest BCUT2D eigenvalue weighted by Gasteiger charge is -2.01.